The fourth-order valence-corrected chi connectivity index (χ4v) is 3.29. The number of amides is 2. The van der Waals surface area contributed by atoms with E-state index in [0.29, 0.717) is 28.6 Å². The molecule has 3 rings (SSSR count). The van der Waals surface area contributed by atoms with Crippen LogP contribution in [0.1, 0.15) is 23.6 Å². The van der Waals surface area contributed by atoms with Crippen molar-refractivity contribution in [2.24, 2.45) is 4.99 Å². The number of aliphatic imine (C=N–C) groups is 1. The van der Waals surface area contributed by atoms with Crippen molar-refractivity contribution in [3.8, 4) is 23.0 Å². The largest absolute Gasteiger partial charge is 0.497 e. The Morgan fingerprint density at radius 3 is 2.39 bits per heavy atom. The SMILES string of the molecule is COc1ccc(OC)c([C@H]2CC(=O)NC(NC(=O)Cc3ccc(OC)c(OC)c3)=N2)c1. The number of ether oxygens (including phenoxy) is 4. The van der Waals surface area contributed by atoms with Gasteiger partial charge in [0.2, 0.25) is 17.8 Å². The molecule has 2 aromatic carbocycles. The zero-order chi connectivity index (χ0) is 22.4. The van der Waals surface area contributed by atoms with E-state index >= 15 is 0 Å². The van der Waals surface area contributed by atoms with Gasteiger partial charge in [0.15, 0.2) is 11.5 Å². The normalized spacial score (nSPS) is 15.4. The van der Waals surface area contributed by atoms with Crippen LogP contribution in [0.4, 0.5) is 0 Å². The number of carbonyl (C=O) groups excluding carboxylic acids is 2. The molecule has 1 heterocycles. The molecule has 2 N–H and O–H groups in total. The summed E-state index contributed by atoms with van der Waals surface area (Å²) in [6.45, 7) is 0. The number of benzene rings is 2. The van der Waals surface area contributed by atoms with Crippen LogP contribution in [-0.4, -0.2) is 46.2 Å². The lowest BCUT2D eigenvalue weighted by molar-refractivity contribution is -0.120. The van der Waals surface area contributed by atoms with Gasteiger partial charge in [-0.15, -0.1) is 0 Å². The van der Waals surface area contributed by atoms with Crippen LogP contribution < -0.4 is 29.6 Å². The van der Waals surface area contributed by atoms with Crippen LogP contribution in [0.15, 0.2) is 41.4 Å². The van der Waals surface area contributed by atoms with Gasteiger partial charge >= 0.3 is 0 Å². The maximum absolute atomic E-state index is 12.5. The number of rotatable bonds is 7. The lowest BCUT2D eigenvalue weighted by atomic mass is 10.0. The van der Waals surface area contributed by atoms with E-state index in [1.165, 1.54) is 7.11 Å². The highest BCUT2D eigenvalue weighted by molar-refractivity contribution is 6.06. The van der Waals surface area contributed by atoms with E-state index in [2.05, 4.69) is 15.6 Å². The van der Waals surface area contributed by atoms with E-state index in [0.717, 1.165) is 5.56 Å². The fraction of sp³-hybridized carbons (Fsp3) is 0.318. The van der Waals surface area contributed by atoms with Gasteiger partial charge in [-0.25, -0.2) is 4.99 Å². The van der Waals surface area contributed by atoms with Crippen LogP contribution in [0.5, 0.6) is 23.0 Å². The summed E-state index contributed by atoms with van der Waals surface area (Å²) in [4.78, 5) is 29.3. The molecular weight excluding hydrogens is 402 g/mol. The Bertz CT molecular complexity index is 1000. The average molecular weight is 427 g/mol. The Morgan fingerprint density at radius 1 is 1.00 bits per heavy atom. The van der Waals surface area contributed by atoms with Crippen molar-refractivity contribution >= 4 is 17.8 Å². The molecule has 2 aromatic rings. The second kappa shape index (κ2) is 9.84. The van der Waals surface area contributed by atoms with Crippen molar-refractivity contribution in [2.75, 3.05) is 28.4 Å². The third kappa shape index (κ3) is 5.25. The van der Waals surface area contributed by atoms with E-state index in [1.54, 1.807) is 57.7 Å². The topological polar surface area (TPSA) is 107 Å². The third-order valence-electron chi connectivity index (χ3n) is 4.79. The Hall–Kier alpha value is -3.75. The Morgan fingerprint density at radius 2 is 1.71 bits per heavy atom. The number of hydrogen-bond donors (Lipinski definition) is 2. The van der Waals surface area contributed by atoms with Crippen molar-refractivity contribution in [1.82, 2.24) is 10.6 Å². The summed E-state index contributed by atoms with van der Waals surface area (Å²) in [6, 6.07) is 10.00. The molecule has 1 atom stereocenters. The Labute approximate surface area is 180 Å². The van der Waals surface area contributed by atoms with Gasteiger partial charge in [0.25, 0.3) is 0 Å². The Kier molecular flexibility index (Phi) is 6.96. The van der Waals surface area contributed by atoms with Crippen molar-refractivity contribution < 1.29 is 28.5 Å². The number of nitrogens with one attached hydrogen (secondary N) is 2. The fourth-order valence-electron chi connectivity index (χ4n) is 3.29. The molecule has 0 aromatic heterocycles. The van der Waals surface area contributed by atoms with Gasteiger partial charge in [-0.2, -0.15) is 0 Å². The molecule has 9 nitrogen and oxygen atoms in total. The van der Waals surface area contributed by atoms with Crippen LogP contribution in [0, 0.1) is 0 Å². The number of methoxy groups -OCH3 is 4. The molecule has 2 amide bonds. The summed E-state index contributed by atoms with van der Waals surface area (Å²) in [6.07, 6.45) is 0.195. The molecule has 0 bridgehead atoms. The van der Waals surface area contributed by atoms with E-state index in [1.807, 2.05) is 0 Å². The first-order valence-corrected chi connectivity index (χ1v) is 9.57. The van der Waals surface area contributed by atoms with Crippen LogP contribution in [0.2, 0.25) is 0 Å². The highest BCUT2D eigenvalue weighted by atomic mass is 16.5. The zero-order valence-electron chi connectivity index (χ0n) is 17.9. The van der Waals surface area contributed by atoms with Crippen molar-refractivity contribution in [1.29, 1.82) is 0 Å². The summed E-state index contributed by atoms with van der Waals surface area (Å²) in [5, 5.41) is 5.27. The monoisotopic (exact) mass is 427 g/mol. The van der Waals surface area contributed by atoms with Crippen LogP contribution >= 0.6 is 0 Å². The number of hydrogen-bond acceptors (Lipinski definition) is 7. The minimum atomic E-state index is -0.518. The van der Waals surface area contributed by atoms with Gasteiger partial charge in [-0.05, 0) is 35.9 Å². The predicted octanol–water partition coefficient (Wildman–Crippen LogP) is 2.00. The first kappa shape index (κ1) is 21.9. The molecule has 1 aliphatic heterocycles. The van der Waals surface area contributed by atoms with E-state index in [9.17, 15) is 9.59 Å². The van der Waals surface area contributed by atoms with Crippen molar-refractivity contribution in [3.05, 3.63) is 47.5 Å². The highest BCUT2D eigenvalue weighted by Gasteiger charge is 2.26. The molecule has 0 radical (unpaired) electrons. The summed E-state index contributed by atoms with van der Waals surface area (Å²) in [5.41, 5.74) is 1.42. The third-order valence-corrected chi connectivity index (χ3v) is 4.79. The molecule has 0 saturated heterocycles. The van der Waals surface area contributed by atoms with E-state index < -0.39 is 6.04 Å². The highest BCUT2D eigenvalue weighted by Crippen LogP contribution is 2.34. The van der Waals surface area contributed by atoms with Gasteiger partial charge in [0.05, 0.1) is 47.3 Å². The van der Waals surface area contributed by atoms with Crippen molar-refractivity contribution in [2.45, 2.75) is 18.9 Å². The average Bonchev–Trinajstić information content (AvgIpc) is 2.77. The van der Waals surface area contributed by atoms with Gasteiger partial charge in [-0.1, -0.05) is 6.07 Å². The molecule has 0 spiro atoms. The van der Waals surface area contributed by atoms with Gasteiger partial charge < -0.3 is 18.9 Å². The van der Waals surface area contributed by atoms with Crippen LogP contribution in [0.25, 0.3) is 0 Å². The maximum Gasteiger partial charge on any atom is 0.231 e. The molecule has 164 valence electrons. The number of carbonyl (C=O) groups is 2. The molecule has 0 aliphatic carbocycles. The van der Waals surface area contributed by atoms with Crippen LogP contribution in [0.3, 0.4) is 0 Å². The molecule has 0 unspecified atom stereocenters. The number of nitrogens with zero attached hydrogens (tertiary/aromatic N) is 1. The first-order valence-electron chi connectivity index (χ1n) is 9.57. The molecule has 0 fully saturated rings. The lowest BCUT2D eigenvalue weighted by Gasteiger charge is -2.23. The summed E-state index contributed by atoms with van der Waals surface area (Å²) >= 11 is 0. The first-order chi connectivity index (χ1) is 15.0. The molecular formula is C22H25N3O6. The minimum absolute atomic E-state index is 0.0718. The number of guanidine groups is 1. The molecule has 1 aliphatic rings. The van der Waals surface area contributed by atoms with Gasteiger partial charge in [0, 0.05) is 5.56 Å². The summed E-state index contributed by atoms with van der Waals surface area (Å²) < 4.78 is 21.1. The smallest absolute Gasteiger partial charge is 0.231 e. The van der Waals surface area contributed by atoms with E-state index in [4.69, 9.17) is 18.9 Å². The summed E-state index contributed by atoms with van der Waals surface area (Å²) in [7, 11) is 6.18. The second-order valence-electron chi connectivity index (χ2n) is 6.77. The quantitative estimate of drug-likeness (QED) is 0.700. The second-order valence-corrected chi connectivity index (χ2v) is 6.77. The van der Waals surface area contributed by atoms with Gasteiger partial charge in [0.1, 0.15) is 11.5 Å². The standard InChI is InChI=1S/C22H25N3O6/c1-28-14-6-8-17(29-2)15(11-14)16-12-21(27)25-22(23-16)24-20(26)10-13-5-7-18(30-3)19(9-13)31-4/h5-9,11,16H,10,12H2,1-4H3,(H2,23,24,25,26,27)/t16-/m1/s1. The Balaban J connectivity index is 1.77. The molecule has 9 heteroatoms. The minimum Gasteiger partial charge on any atom is -0.497 e. The van der Waals surface area contributed by atoms with E-state index in [-0.39, 0.29) is 30.6 Å². The predicted molar refractivity (Wildman–Crippen MR) is 114 cm³/mol. The van der Waals surface area contributed by atoms with Gasteiger partial charge in [-0.3, -0.25) is 20.2 Å². The zero-order valence-corrected chi connectivity index (χ0v) is 17.9. The lowest BCUT2D eigenvalue weighted by Crippen LogP contribution is -2.47. The molecule has 0 saturated carbocycles. The summed E-state index contributed by atoms with van der Waals surface area (Å²) in [5.74, 6) is 1.82. The maximum atomic E-state index is 12.5. The van der Waals surface area contributed by atoms with Crippen LogP contribution in [-0.2, 0) is 16.0 Å². The van der Waals surface area contributed by atoms with Crippen molar-refractivity contribution in [3.63, 3.8) is 0 Å². The molecule has 31 heavy (non-hydrogen) atoms.